The third kappa shape index (κ3) is 6.14. The number of para-hydroxylation sites is 1. The third-order valence-corrected chi connectivity index (χ3v) is 7.57. The number of nitrogens with one attached hydrogen (secondary N) is 2. The number of anilines is 1. The van der Waals surface area contributed by atoms with Gasteiger partial charge in [-0.1, -0.05) is 48.5 Å². The van der Waals surface area contributed by atoms with Gasteiger partial charge in [-0.15, -0.1) is 0 Å². The molecule has 1 fully saturated rings. The first kappa shape index (κ1) is 26.3. The van der Waals surface area contributed by atoms with Gasteiger partial charge in [0.2, 0.25) is 11.8 Å². The first-order valence-electron chi connectivity index (χ1n) is 13.7. The number of H-pyrrole nitrogens is 1. The fourth-order valence-electron chi connectivity index (χ4n) is 5.56. The van der Waals surface area contributed by atoms with E-state index >= 15 is 0 Å². The first-order chi connectivity index (χ1) is 20.0. The van der Waals surface area contributed by atoms with Gasteiger partial charge < -0.3 is 19.9 Å². The minimum atomic E-state index is -0.573. The minimum Gasteiger partial charge on any atom is -0.457 e. The third-order valence-electron chi connectivity index (χ3n) is 7.57. The molecular formula is C34H30FN3O3. The van der Waals surface area contributed by atoms with Gasteiger partial charge in [-0.3, -0.25) is 9.59 Å². The Morgan fingerprint density at radius 1 is 0.878 bits per heavy atom. The summed E-state index contributed by atoms with van der Waals surface area (Å²) in [6.45, 7) is 0.526. The second kappa shape index (κ2) is 11.7. The average molecular weight is 548 g/mol. The molecule has 5 aromatic rings. The summed E-state index contributed by atoms with van der Waals surface area (Å²) >= 11 is 0. The van der Waals surface area contributed by atoms with Crippen molar-refractivity contribution in [3.63, 3.8) is 0 Å². The van der Waals surface area contributed by atoms with Crippen LogP contribution in [0.15, 0.2) is 109 Å². The maximum absolute atomic E-state index is 13.7. The van der Waals surface area contributed by atoms with Gasteiger partial charge in [0.1, 0.15) is 23.4 Å². The molecule has 1 aromatic heterocycles. The van der Waals surface area contributed by atoms with Crippen molar-refractivity contribution >= 4 is 28.4 Å². The SMILES string of the molecule is O=C(Nc1ccc(Oc2ccc(F)cc2)cc1)[C@@H]1CC(Cc2ccccc2)CN1C(=O)Cc1c[nH]c2ccccc12. The Bertz CT molecular complexity index is 1650. The molecule has 0 bridgehead atoms. The number of likely N-dealkylation sites (tertiary alicyclic amines) is 1. The van der Waals surface area contributed by atoms with Crippen molar-refractivity contribution in [2.75, 3.05) is 11.9 Å². The highest BCUT2D eigenvalue weighted by Gasteiger charge is 2.39. The lowest BCUT2D eigenvalue weighted by Crippen LogP contribution is -2.43. The fourth-order valence-corrected chi connectivity index (χ4v) is 5.56. The van der Waals surface area contributed by atoms with E-state index in [0.29, 0.717) is 30.2 Å². The summed E-state index contributed by atoms with van der Waals surface area (Å²) < 4.78 is 18.9. The van der Waals surface area contributed by atoms with Gasteiger partial charge in [-0.25, -0.2) is 4.39 Å². The lowest BCUT2D eigenvalue weighted by atomic mass is 9.96. The zero-order valence-corrected chi connectivity index (χ0v) is 22.4. The quantitative estimate of drug-likeness (QED) is 0.226. The van der Waals surface area contributed by atoms with Crippen LogP contribution in [0.1, 0.15) is 17.5 Å². The number of amides is 2. The van der Waals surface area contributed by atoms with E-state index in [9.17, 15) is 14.0 Å². The van der Waals surface area contributed by atoms with Crippen molar-refractivity contribution in [1.29, 1.82) is 0 Å². The smallest absolute Gasteiger partial charge is 0.247 e. The van der Waals surface area contributed by atoms with Gasteiger partial charge in [0, 0.05) is 29.3 Å². The van der Waals surface area contributed by atoms with Crippen LogP contribution in [0.5, 0.6) is 11.5 Å². The summed E-state index contributed by atoms with van der Waals surface area (Å²) in [5.41, 5.74) is 3.71. The number of rotatable bonds is 8. The van der Waals surface area contributed by atoms with Crippen LogP contribution in [0, 0.1) is 11.7 Å². The zero-order chi connectivity index (χ0) is 28.2. The van der Waals surface area contributed by atoms with Crippen LogP contribution in [0.4, 0.5) is 10.1 Å². The predicted octanol–water partition coefficient (Wildman–Crippen LogP) is 6.74. The molecule has 206 valence electrons. The molecular weight excluding hydrogens is 517 g/mol. The monoisotopic (exact) mass is 547 g/mol. The first-order valence-corrected chi connectivity index (χ1v) is 13.7. The number of carbonyl (C=O) groups is 2. The highest BCUT2D eigenvalue weighted by atomic mass is 19.1. The van der Waals surface area contributed by atoms with E-state index in [2.05, 4.69) is 22.4 Å². The van der Waals surface area contributed by atoms with Crippen molar-refractivity contribution in [3.05, 3.63) is 126 Å². The maximum atomic E-state index is 13.7. The summed E-state index contributed by atoms with van der Waals surface area (Å²) in [6, 6.07) is 30.3. The topological polar surface area (TPSA) is 74.4 Å². The van der Waals surface area contributed by atoms with E-state index in [4.69, 9.17) is 4.74 Å². The number of aromatic nitrogens is 1. The number of ether oxygens (including phenoxy) is 1. The highest BCUT2D eigenvalue weighted by Crippen LogP contribution is 2.30. The molecule has 2 amide bonds. The largest absolute Gasteiger partial charge is 0.457 e. The summed E-state index contributed by atoms with van der Waals surface area (Å²) in [5, 5.41) is 4.01. The molecule has 0 spiro atoms. The Morgan fingerprint density at radius 3 is 2.32 bits per heavy atom. The number of hydrogen-bond acceptors (Lipinski definition) is 3. The van der Waals surface area contributed by atoms with Crippen molar-refractivity contribution in [3.8, 4) is 11.5 Å². The van der Waals surface area contributed by atoms with Gasteiger partial charge in [0.05, 0.1) is 6.42 Å². The van der Waals surface area contributed by atoms with Gasteiger partial charge in [0.15, 0.2) is 0 Å². The maximum Gasteiger partial charge on any atom is 0.247 e. The van der Waals surface area contributed by atoms with Crippen LogP contribution in [-0.2, 0) is 22.4 Å². The predicted molar refractivity (Wildman–Crippen MR) is 157 cm³/mol. The lowest BCUT2D eigenvalue weighted by Gasteiger charge is -2.24. The standard InChI is InChI=1S/C34H30FN3O3/c35-26-10-14-28(15-11-26)41-29-16-12-27(13-17-29)37-34(40)32-19-24(18-23-6-2-1-3-7-23)22-38(32)33(39)20-25-21-36-31-9-5-4-8-30(25)31/h1-17,21,24,32,36H,18-20,22H2,(H,37,40)/t24?,32-/m0/s1. The van der Waals surface area contributed by atoms with Crippen molar-refractivity contribution in [2.24, 2.45) is 5.92 Å². The van der Waals surface area contributed by atoms with E-state index in [1.807, 2.05) is 48.7 Å². The second-order valence-corrected chi connectivity index (χ2v) is 10.5. The van der Waals surface area contributed by atoms with Crippen LogP contribution >= 0.6 is 0 Å². The Balaban J connectivity index is 1.16. The number of carbonyl (C=O) groups excluding carboxylic acids is 2. The molecule has 1 aliphatic heterocycles. The molecule has 41 heavy (non-hydrogen) atoms. The number of benzene rings is 4. The Morgan fingerprint density at radius 2 is 1.56 bits per heavy atom. The molecule has 2 N–H and O–H groups in total. The molecule has 0 aliphatic carbocycles. The van der Waals surface area contributed by atoms with Crippen LogP contribution < -0.4 is 10.1 Å². The van der Waals surface area contributed by atoms with Crippen LogP contribution in [0.25, 0.3) is 10.9 Å². The van der Waals surface area contributed by atoms with E-state index in [-0.39, 0.29) is 30.0 Å². The van der Waals surface area contributed by atoms with E-state index in [1.165, 1.54) is 17.7 Å². The van der Waals surface area contributed by atoms with Crippen LogP contribution in [-0.4, -0.2) is 34.3 Å². The second-order valence-electron chi connectivity index (χ2n) is 10.5. The number of aromatic amines is 1. The van der Waals surface area contributed by atoms with Crippen LogP contribution in [0.3, 0.4) is 0 Å². The molecule has 0 radical (unpaired) electrons. The molecule has 6 nitrogen and oxygen atoms in total. The lowest BCUT2D eigenvalue weighted by molar-refractivity contribution is -0.136. The molecule has 1 unspecified atom stereocenters. The Hall–Kier alpha value is -4.91. The molecule has 6 rings (SSSR count). The molecule has 2 heterocycles. The van der Waals surface area contributed by atoms with Crippen molar-refractivity contribution < 1.29 is 18.7 Å². The zero-order valence-electron chi connectivity index (χ0n) is 22.4. The summed E-state index contributed by atoms with van der Waals surface area (Å²) in [6.07, 6.45) is 3.50. The van der Waals surface area contributed by atoms with E-state index in [0.717, 1.165) is 22.9 Å². The molecule has 1 aliphatic rings. The number of fused-ring (bicyclic) bond motifs is 1. The molecule has 2 atom stereocenters. The van der Waals surface area contributed by atoms with E-state index < -0.39 is 6.04 Å². The molecule has 0 saturated carbocycles. The Labute approximate surface area is 237 Å². The Kier molecular flexibility index (Phi) is 7.50. The summed E-state index contributed by atoms with van der Waals surface area (Å²) in [5.74, 6) is 0.652. The van der Waals surface area contributed by atoms with Crippen molar-refractivity contribution in [2.45, 2.75) is 25.3 Å². The number of nitrogens with zero attached hydrogens (tertiary/aromatic N) is 1. The van der Waals surface area contributed by atoms with Crippen molar-refractivity contribution in [1.82, 2.24) is 9.88 Å². The molecule has 7 heteroatoms. The van der Waals surface area contributed by atoms with Gasteiger partial charge in [-0.2, -0.15) is 0 Å². The van der Waals surface area contributed by atoms with Gasteiger partial charge in [0.25, 0.3) is 0 Å². The fraction of sp³-hybridized carbons (Fsp3) is 0.176. The summed E-state index contributed by atoms with van der Waals surface area (Å²) in [7, 11) is 0. The number of halogens is 1. The van der Waals surface area contributed by atoms with Gasteiger partial charge in [-0.05, 0) is 84.5 Å². The van der Waals surface area contributed by atoms with Crippen LogP contribution in [0.2, 0.25) is 0 Å². The average Bonchev–Trinajstić information content (AvgIpc) is 3.60. The minimum absolute atomic E-state index is 0.0616. The van der Waals surface area contributed by atoms with Gasteiger partial charge >= 0.3 is 0 Å². The summed E-state index contributed by atoms with van der Waals surface area (Å²) in [4.78, 5) is 32.2. The molecule has 1 saturated heterocycles. The highest BCUT2D eigenvalue weighted by molar-refractivity contribution is 5.98. The molecule has 4 aromatic carbocycles. The number of hydrogen-bond donors (Lipinski definition) is 2. The van der Waals surface area contributed by atoms with E-state index in [1.54, 1.807) is 41.3 Å². The normalized spacial score (nSPS) is 16.6.